The highest BCUT2D eigenvalue weighted by Crippen LogP contribution is 2.17. The van der Waals surface area contributed by atoms with Crippen LogP contribution in [0.1, 0.15) is 183 Å². The summed E-state index contributed by atoms with van der Waals surface area (Å²) >= 11 is 0. The number of ether oxygens (including phenoxy) is 3. The van der Waals surface area contributed by atoms with Gasteiger partial charge in [0.25, 0.3) is 0 Å². The second-order valence-electron chi connectivity index (χ2n) is 13.0. The van der Waals surface area contributed by atoms with Gasteiger partial charge in [-0.1, -0.05) is 91.9 Å². The summed E-state index contributed by atoms with van der Waals surface area (Å²) in [6.45, 7) is 15.1. The Morgan fingerprint density at radius 1 is 0.614 bits per heavy atom. The van der Waals surface area contributed by atoms with Crippen LogP contribution in [0.3, 0.4) is 0 Å². The van der Waals surface area contributed by atoms with Gasteiger partial charge in [0.15, 0.2) is 0 Å². The minimum atomic E-state index is -0.509. The van der Waals surface area contributed by atoms with Gasteiger partial charge in [0, 0.05) is 19.4 Å². The van der Waals surface area contributed by atoms with E-state index in [0.29, 0.717) is 32.4 Å². The van der Waals surface area contributed by atoms with Crippen LogP contribution in [0.15, 0.2) is 0 Å². The molecule has 0 rings (SSSR count). The molecule has 0 saturated heterocycles. The molecular formula is C36H72N2O6. The Hall–Kier alpha value is -1.83. The summed E-state index contributed by atoms with van der Waals surface area (Å²) in [5.74, 6) is -0.243. The molecule has 3 N–H and O–H groups in total. The SMILES string of the molecule is CCCCCCC(CC)OC(=O)CCCN.CCCCCCCC(CCCCCC)OC(=O)CCCNC(=O)OC(C)(C)C. The zero-order valence-electron chi connectivity index (χ0n) is 29.9. The summed E-state index contributed by atoms with van der Waals surface area (Å²) in [6.07, 6.45) is 21.5. The van der Waals surface area contributed by atoms with Crippen molar-refractivity contribution < 1.29 is 28.6 Å². The zero-order valence-corrected chi connectivity index (χ0v) is 29.9. The Morgan fingerprint density at radius 3 is 1.50 bits per heavy atom. The lowest BCUT2D eigenvalue weighted by Crippen LogP contribution is -2.33. The van der Waals surface area contributed by atoms with Gasteiger partial charge in [-0.2, -0.15) is 0 Å². The third-order valence-electron chi connectivity index (χ3n) is 7.25. The van der Waals surface area contributed by atoms with Gasteiger partial charge in [-0.3, -0.25) is 9.59 Å². The topological polar surface area (TPSA) is 117 Å². The van der Waals surface area contributed by atoms with Gasteiger partial charge in [0.05, 0.1) is 0 Å². The van der Waals surface area contributed by atoms with Gasteiger partial charge in [-0.25, -0.2) is 4.79 Å². The van der Waals surface area contributed by atoms with Crippen molar-refractivity contribution in [3.63, 3.8) is 0 Å². The number of amides is 1. The average Bonchev–Trinajstić information content (AvgIpc) is 2.97. The smallest absolute Gasteiger partial charge is 0.407 e. The molecule has 0 spiro atoms. The zero-order chi connectivity index (χ0) is 33.5. The van der Waals surface area contributed by atoms with E-state index in [9.17, 15) is 14.4 Å². The van der Waals surface area contributed by atoms with Gasteiger partial charge < -0.3 is 25.3 Å². The number of alkyl carbamates (subject to hydrolysis) is 1. The van der Waals surface area contributed by atoms with E-state index in [0.717, 1.165) is 51.4 Å². The lowest BCUT2D eigenvalue weighted by molar-refractivity contribution is -0.150. The van der Waals surface area contributed by atoms with Crippen LogP contribution in [0.4, 0.5) is 4.79 Å². The highest BCUT2D eigenvalue weighted by Gasteiger charge is 2.17. The summed E-state index contributed by atoms with van der Waals surface area (Å²) in [7, 11) is 0. The molecule has 1 amide bonds. The van der Waals surface area contributed by atoms with Crippen LogP contribution >= 0.6 is 0 Å². The number of nitrogens with two attached hydrogens (primary N) is 1. The van der Waals surface area contributed by atoms with Crippen LogP contribution in [-0.2, 0) is 23.8 Å². The first-order valence-corrected chi connectivity index (χ1v) is 18.1. The highest BCUT2D eigenvalue weighted by molar-refractivity contribution is 5.70. The Kier molecular flexibility index (Phi) is 31.4. The van der Waals surface area contributed by atoms with Crippen LogP contribution in [0, 0.1) is 0 Å². The van der Waals surface area contributed by atoms with E-state index in [1.165, 1.54) is 64.2 Å². The van der Waals surface area contributed by atoms with Gasteiger partial charge in [0.2, 0.25) is 0 Å². The fraction of sp³-hybridized carbons (Fsp3) is 0.917. The third-order valence-corrected chi connectivity index (χ3v) is 7.25. The average molecular weight is 629 g/mol. The molecule has 262 valence electrons. The molecule has 0 bridgehead atoms. The molecular weight excluding hydrogens is 556 g/mol. The van der Waals surface area contributed by atoms with Crippen LogP contribution < -0.4 is 11.1 Å². The maximum atomic E-state index is 12.2. The predicted octanol–water partition coefficient (Wildman–Crippen LogP) is 9.55. The van der Waals surface area contributed by atoms with Crippen molar-refractivity contribution in [2.75, 3.05) is 13.1 Å². The van der Waals surface area contributed by atoms with Gasteiger partial charge >= 0.3 is 18.0 Å². The Balaban J connectivity index is 0. The molecule has 2 unspecified atom stereocenters. The first kappa shape index (κ1) is 44.3. The fourth-order valence-electron chi connectivity index (χ4n) is 4.66. The number of rotatable bonds is 26. The van der Waals surface area contributed by atoms with Crippen molar-refractivity contribution in [2.45, 2.75) is 201 Å². The number of hydrogen-bond donors (Lipinski definition) is 2. The molecule has 0 aliphatic heterocycles. The van der Waals surface area contributed by atoms with E-state index >= 15 is 0 Å². The monoisotopic (exact) mass is 629 g/mol. The molecule has 0 aromatic heterocycles. The van der Waals surface area contributed by atoms with Crippen molar-refractivity contribution in [2.24, 2.45) is 5.73 Å². The van der Waals surface area contributed by atoms with E-state index in [-0.39, 0.29) is 24.1 Å². The van der Waals surface area contributed by atoms with Crippen molar-refractivity contribution in [1.29, 1.82) is 0 Å². The van der Waals surface area contributed by atoms with E-state index in [2.05, 4.69) is 33.0 Å². The summed E-state index contributed by atoms with van der Waals surface area (Å²) in [4.78, 5) is 35.2. The number of hydrogen-bond acceptors (Lipinski definition) is 7. The van der Waals surface area contributed by atoms with Crippen LogP contribution in [-0.4, -0.2) is 48.9 Å². The number of carbonyl (C=O) groups excluding carboxylic acids is 3. The lowest BCUT2D eigenvalue weighted by Gasteiger charge is -2.20. The molecule has 0 radical (unpaired) electrons. The minimum Gasteiger partial charge on any atom is -0.462 e. The summed E-state index contributed by atoms with van der Waals surface area (Å²) in [5.41, 5.74) is 4.84. The van der Waals surface area contributed by atoms with Gasteiger partial charge in [0.1, 0.15) is 17.8 Å². The van der Waals surface area contributed by atoms with E-state index < -0.39 is 11.7 Å². The Morgan fingerprint density at radius 2 is 1.05 bits per heavy atom. The summed E-state index contributed by atoms with van der Waals surface area (Å²) in [6, 6.07) is 0. The first-order chi connectivity index (χ1) is 21.0. The van der Waals surface area contributed by atoms with Crippen molar-refractivity contribution in [1.82, 2.24) is 5.32 Å². The van der Waals surface area contributed by atoms with Crippen LogP contribution in [0.5, 0.6) is 0 Å². The van der Waals surface area contributed by atoms with E-state index in [1.807, 2.05) is 20.8 Å². The molecule has 44 heavy (non-hydrogen) atoms. The number of unbranched alkanes of at least 4 members (excludes halogenated alkanes) is 10. The van der Waals surface area contributed by atoms with Crippen LogP contribution in [0.2, 0.25) is 0 Å². The van der Waals surface area contributed by atoms with Crippen molar-refractivity contribution in [3.05, 3.63) is 0 Å². The molecule has 0 aliphatic rings. The summed E-state index contributed by atoms with van der Waals surface area (Å²) < 4.78 is 16.3. The van der Waals surface area contributed by atoms with E-state index in [4.69, 9.17) is 19.9 Å². The molecule has 0 saturated carbocycles. The molecule has 8 heteroatoms. The molecule has 0 aromatic rings. The normalized spacial score (nSPS) is 12.5. The second kappa shape index (κ2) is 31.2. The second-order valence-corrected chi connectivity index (χ2v) is 13.0. The number of nitrogens with one attached hydrogen (secondary N) is 1. The first-order valence-electron chi connectivity index (χ1n) is 18.1. The van der Waals surface area contributed by atoms with Crippen LogP contribution in [0.25, 0.3) is 0 Å². The van der Waals surface area contributed by atoms with Crippen molar-refractivity contribution >= 4 is 18.0 Å². The highest BCUT2D eigenvalue weighted by atomic mass is 16.6. The Bertz CT molecular complexity index is 680. The fourth-order valence-corrected chi connectivity index (χ4v) is 4.66. The molecule has 0 aliphatic carbocycles. The maximum absolute atomic E-state index is 12.2. The van der Waals surface area contributed by atoms with Gasteiger partial charge in [-0.15, -0.1) is 0 Å². The molecule has 0 fully saturated rings. The van der Waals surface area contributed by atoms with Crippen molar-refractivity contribution in [3.8, 4) is 0 Å². The molecule has 0 aromatic carbocycles. The number of carbonyl (C=O) groups is 3. The molecule has 8 nitrogen and oxygen atoms in total. The third kappa shape index (κ3) is 33.1. The van der Waals surface area contributed by atoms with Gasteiger partial charge in [-0.05, 0) is 85.1 Å². The Labute approximate surface area is 271 Å². The maximum Gasteiger partial charge on any atom is 0.407 e. The standard InChI is InChI=1S/C23H45NO4.C13H27NO2/c1-6-8-10-12-14-17-20(16-13-11-9-7-2)27-21(25)18-15-19-24-22(26)28-23(3,4)5;1-3-5-6-7-9-12(4-2)16-13(15)10-8-11-14/h20H,6-19H2,1-5H3,(H,24,26);12H,3-11,14H2,1-2H3. The minimum absolute atomic E-state index is 0.0461. The lowest BCUT2D eigenvalue weighted by atomic mass is 10.0. The number of esters is 2. The largest absolute Gasteiger partial charge is 0.462 e. The summed E-state index contributed by atoms with van der Waals surface area (Å²) in [5, 5.41) is 2.68. The van der Waals surface area contributed by atoms with E-state index in [1.54, 1.807) is 0 Å². The molecule has 0 heterocycles. The quantitative estimate of drug-likeness (QED) is 0.0556. The predicted molar refractivity (Wildman–Crippen MR) is 183 cm³/mol. The molecule has 2 atom stereocenters.